The number of nitrogens with one attached hydrogen (secondary N) is 1. The van der Waals surface area contributed by atoms with Crippen molar-refractivity contribution in [1.29, 1.82) is 0 Å². The summed E-state index contributed by atoms with van der Waals surface area (Å²) in [4.78, 5) is 38.1. The second-order valence-electron chi connectivity index (χ2n) is 9.34. The summed E-state index contributed by atoms with van der Waals surface area (Å²) in [6.45, 7) is 8.65. The Morgan fingerprint density at radius 2 is 1.69 bits per heavy atom. The van der Waals surface area contributed by atoms with Crippen molar-refractivity contribution in [2.45, 2.75) is 53.1 Å². The van der Waals surface area contributed by atoms with Crippen LogP contribution in [0.3, 0.4) is 0 Å². The minimum Gasteiger partial charge on any atom is -0.463 e. The lowest BCUT2D eigenvalue weighted by Gasteiger charge is -2.43. The molecule has 1 fully saturated rings. The Hall–Kier alpha value is -3.65. The van der Waals surface area contributed by atoms with Crippen LogP contribution >= 0.6 is 0 Å². The van der Waals surface area contributed by atoms with Gasteiger partial charge in [-0.2, -0.15) is 0 Å². The van der Waals surface area contributed by atoms with Gasteiger partial charge in [0.25, 0.3) is 5.56 Å². The molecular weight excluding hydrogens is 462 g/mol. The fourth-order valence-electron chi connectivity index (χ4n) is 4.55. The van der Waals surface area contributed by atoms with Crippen molar-refractivity contribution in [3.8, 4) is 16.9 Å². The quantitative estimate of drug-likeness (QED) is 0.509. The minimum atomic E-state index is -0.871. The second-order valence-corrected chi connectivity index (χ2v) is 9.34. The van der Waals surface area contributed by atoms with Crippen LogP contribution in [0.2, 0.25) is 0 Å². The molecule has 2 heterocycles. The molecule has 8 nitrogen and oxygen atoms in total. The zero-order valence-electron chi connectivity index (χ0n) is 21.1. The lowest BCUT2D eigenvalue weighted by Crippen LogP contribution is -2.54. The number of rotatable bonds is 6. The summed E-state index contributed by atoms with van der Waals surface area (Å²) < 4.78 is 23.2. The molecule has 1 saturated heterocycles. The Morgan fingerprint density at radius 3 is 2.39 bits per heavy atom. The Bertz CT molecular complexity index is 1330. The van der Waals surface area contributed by atoms with Gasteiger partial charge in [0.1, 0.15) is 12.4 Å². The summed E-state index contributed by atoms with van der Waals surface area (Å²) >= 11 is 0. The molecule has 0 spiro atoms. The third-order valence-corrected chi connectivity index (χ3v) is 6.79. The van der Waals surface area contributed by atoms with E-state index < -0.39 is 24.5 Å². The van der Waals surface area contributed by atoms with Crippen LogP contribution in [0.15, 0.2) is 53.5 Å². The standard InChI is InChI=1S/C28H31NO7/c1-15-12-21(22-7-6-20-10-11-29-27(32)23(20)13-22)8-9-24(15)35-28-26(34-19(5)31)17(3)16(2)25(36-28)14-33-18(4)30/h6-13,16-17,25-26,28H,14H2,1-5H3,(H,29,32). The smallest absolute Gasteiger partial charge is 0.303 e. The summed E-state index contributed by atoms with van der Waals surface area (Å²) in [6.07, 6.45) is -0.270. The van der Waals surface area contributed by atoms with Gasteiger partial charge in [-0.1, -0.05) is 32.0 Å². The first kappa shape index (κ1) is 25.4. The van der Waals surface area contributed by atoms with Gasteiger partial charge in [-0.3, -0.25) is 14.4 Å². The number of hydrogen-bond donors (Lipinski definition) is 1. The highest BCUT2D eigenvalue weighted by Crippen LogP contribution is 2.36. The van der Waals surface area contributed by atoms with E-state index in [4.69, 9.17) is 18.9 Å². The van der Waals surface area contributed by atoms with Gasteiger partial charge < -0.3 is 23.9 Å². The lowest BCUT2D eigenvalue weighted by atomic mass is 9.83. The molecule has 5 atom stereocenters. The molecule has 3 aromatic rings. The van der Waals surface area contributed by atoms with Crippen LogP contribution in [-0.2, 0) is 23.8 Å². The summed E-state index contributed by atoms with van der Waals surface area (Å²) in [6, 6.07) is 13.3. The zero-order valence-corrected chi connectivity index (χ0v) is 21.1. The van der Waals surface area contributed by atoms with Crippen LogP contribution in [0.4, 0.5) is 0 Å². The summed E-state index contributed by atoms with van der Waals surface area (Å²) in [5.41, 5.74) is 2.55. The largest absolute Gasteiger partial charge is 0.463 e. The Morgan fingerprint density at radius 1 is 0.972 bits per heavy atom. The molecule has 0 radical (unpaired) electrons. The van der Waals surface area contributed by atoms with E-state index in [-0.39, 0.29) is 30.0 Å². The van der Waals surface area contributed by atoms with Crippen molar-refractivity contribution in [3.05, 3.63) is 64.6 Å². The van der Waals surface area contributed by atoms with E-state index in [0.29, 0.717) is 11.1 Å². The van der Waals surface area contributed by atoms with E-state index in [0.717, 1.165) is 22.1 Å². The van der Waals surface area contributed by atoms with Crippen LogP contribution < -0.4 is 10.3 Å². The van der Waals surface area contributed by atoms with Gasteiger partial charge in [0.05, 0.1) is 6.10 Å². The maximum Gasteiger partial charge on any atom is 0.303 e. The minimum absolute atomic E-state index is 0.0342. The first-order valence-electron chi connectivity index (χ1n) is 12.0. The fraction of sp³-hybridized carbons (Fsp3) is 0.393. The number of ether oxygens (including phenoxy) is 4. The van der Waals surface area contributed by atoms with Crippen molar-refractivity contribution < 1.29 is 28.5 Å². The molecule has 1 N–H and O–H groups in total. The molecule has 0 saturated carbocycles. The van der Waals surface area contributed by atoms with E-state index >= 15 is 0 Å². The number of carbonyl (C=O) groups is 2. The van der Waals surface area contributed by atoms with Gasteiger partial charge >= 0.3 is 11.9 Å². The maximum atomic E-state index is 12.2. The van der Waals surface area contributed by atoms with Gasteiger partial charge in [0, 0.05) is 31.3 Å². The maximum absolute atomic E-state index is 12.2. The van der Waals surface area contributed by atoms with Crippen LogP contribution in [0.1, 0.15) is 33.3 Å². The number of carbonyl (C=O) groups excluding carboxylic acids is 2. The van der Waals surface area contributed by atoms with Crippen molar-refractivity contribution in [3.63, 3.8) is 0 Å². The third-order valence-electron chi connectivity index (χ3n) is 6.79. The normalized spacial score (nSPS) is 23.8. The molecule has 1 aliphatic heterocycles. The van der Waals surface area contributed by atoms with Crippen LogP contribution in [0.25, 0.3) is 21.9 Å². The highest BCUT2D eigenvalue weighted by molar-refractivity contribution is 5.86. The molecule has 36 heavy (non-hydrogen) atoms. The molecule has 0 amide bonds. The van der Waals surface area contributed by atoms with Gasteiger partial charge in [-0.25, -0.2) is 0 Å². The number of aryl methyl sites for hydroxylation is 1. The van der Waals surface area contributed by atoms with E-state index in [2.05, 4.69) is 4.98 Å². The highest BCUT2D eigenvalue weighted by atomic mass is 16.7. The molecule has 1 aliphatic rings. The molecule has 4 rings (SSSR count). The number of pyridine rings is 1. The average Bonchev–Trinajstić information content (AvgIpc) is 2.83. The fourth-order valence-corrected chi connectivity index (χ4v) is 4.55. The topological polar surface area (TPSA) is 104 Å². The van der Waals surface area contributed by atoms with Gasteiger partial charge in [0.15, 0.2) is 6.10 Å². The monoisotopic (exact) mass is 493 g/mol. The molecule has 2 aromatic carbocycles. The van der Waals surface area contributed by atoms with Gasteiger partial charge in [-0.15, -0.1) is 0 Å². The summed E-state index contributed by atoms with van der Waals surface area (Å²) in [7, 11) is 0. The lowest BCUT2D eigenvalue weighted by molar-refractivity contribution is -0.253. The van der Waals surface area contributed by atoms with Crippen molar-refractivity contribution in [2.75, 3.05) is 6.61 Å². The second kappa shape index (κ2) is 10.5. The Balaban J connectivity index is 1.60. The van der Waals surface area contributed by atoms with Gasteiger partial charge in [-0.05, 0) is 59.2 Å². The summed E-state index contributed by atoms with van der Waals surface area (Å²) in [5.74, 6) is -0.364. The number of benzene rings is 2. The Labute approximate surface area is 209 Å². The summed E-state index contributed by atoms with van der Waals surface area (Å²) in [5, 5.41) is 1.49. The highest BCUT2D eigenvalue weighted by Gasteiger charge is 2.45. The number of esters is 2. The first-order chi connectivity index (χ1) is 17.1. The number of aromatic nitrogens is 1. The predicted molar refractivity (Wildman–Crippen MR) is 135 cm³/mol. The van der Waals surface area contributed by atoms with E-state index in [1.807, 2.05) is 63.2 Å². The third kappa shape index (κ3) is 5.44. The van der Waals surface area contributed by atoms with Crippen molar-refractivity contribution in [2.24, 2.45) is 11.8 Å². The van der Waals surface area contributed by atoms with Crippen LogP contribution in [0.5, 0.6) is 5.75 Å². The molecule has 5 unspecified atom stereocenters. The van der Waals surface area contributed by atoms with E-state index in [1.165, 1.54) is 13.8 Å². The van der Waals surface area contributed by atoms with E-state index in [9.17, 15) is 14.4 Å². The van der Waals surface area contributed by atoms with Crippen molar-refractivity contribution >= 4 is 22.7 Å². The molecule has 0 bridgehead atoms. The number of H-pyrrole nitrogens is 1. The van der Waals surface area contributed by atoms with Crippen molar-refractivity contribution in [1.82, 2.24) is 4.98 Å². The zero-order chi connectivity index (χ0) is 26.0. The van der Waals surface area contributed by atoms with Gasteiger partial charge in [0.2, 0.25) is 6.29 Å². The number of fused-ring (bicyclic) bond motifs is 1. The number of aromatic amines is 1. The van der Waals surface area contributed by atoms with Crippen LogP contribution in [0, 0.1) is 18.8 Å². The Kier molecular flexibility index (Phi) is 7.45. The molecule has 190 valence electrons. The first-order valence-corrected chi connectivity index (χ1v) is 12.0. The predicted octanol–water partition coefficient (Wildman–Crippen LogP) is 4.37. The number of hydrogen-bond acceptors (Lipinski definition) is 7. The SMILES string of the molecule is CC(=O)OCC1OC(Oc2ccc(-c3ccc4cc[nH]c(=O)c4c3)cc2C)C(OC(C)=O)C(C)C1C. The molecular formula is C28H31NO7. The molecule has 0 aliphatic carbocycles. The van der Waals surface area contributed by atoms with Crippen LogP contribution in [-0.4, -0.2) is 42.0 Å². The average molecular weight is 494 g/mol. The molecule has 8 heteroatoms. The van der Waals surface area contributed by atoms with E-state index in [1.54, 1.807) is 6.20 Å². The molecule has 1 aromatic heterocycles.